The Morgan fingerprint density at radius 1 is 1.64 bits per heavy atom. The van der Waals surface area contributed by atoms with Crippen molar-refractivity contribution >= 4 is 11.9 Å². The third kappa shape index (κ3) is 3.01. The quantitative estimate of drug-likeness (QED) is 0.684. The Balaban J connectivity index is 2.44. The van der Waals surface area contributed by atoms with Crippen LogP contribution in [0.5, 0.6) is 0 Å². The van der Waals surface area contributed by atoms with E-state index < -0.39 is 5.97 Å². The summed E-state index contributed by atoms with van der Waals surface area (Å²) in [6.07, 6.45) is 2.95. The SMILES string of the molecule is CCCC[C@H]1OC(=O)C[C@@H]1CC(=O)O. The van der Waals surface area contributed by atoms with E-state index in [0.29, 0.717) is 0 Å². The maximum atomic E-state index is 11.0. The predicted molar refractivity (Wildman–Crippen MR) is 49.8 cm³/mol. The predicted octanol–water partition coefficient (Wildman–Crippen LogP) is 1.58. The molecule has 1 fully saturated rings. The van der Waals surface area contributed by atoms with Gasteiger partial charge in [-0.25, -0.2) is 0 Å². The van der Waals surface area contributed by atoms with Crippen molar-refractivity contribution in [1.29, 1.82) is 0 Å². The number of carboxylic acids is 1. The van der Waals surface area contributed by atoms with E-state index in [2.05, 4.69) is 6.92 Å². The third-order valence-electron chi connectivity index (χ3n) is 2.52. The number of cyclic esters (lactones) is 1. The van der Waals surface area contributed by atoms with Crippen molar-refractivity contribution in [2.24, 2.45) is 5.92 Å². The lowest BCUT2D eigenvalue weighted by Crippen LogP contribution is -2.18. The second-order valence-corrected chi connectivity index (χ2v) is 3.73. The normalized spacial score (nSPS) is 26.2. The molecule has 0 aliphatic carbocycles. The van der Waals surface area contributed by atoms with E-state index in [1.165, 1.54) is 0 Å². The first-order chi connectivity index (χ1) is 6.63. The maximum Gasteiger partial charge on any atom is 0.306 e. The Morgan fingerprint density at radius 3 is 2.93 bits per heavy atom. The highest BCUT2D eigenvalue weighted by Gasteiger charge is 2.35. The molecule has 4 nitrogen and oxygen atoms in total. The number of ether oxygens (including phenoxy) is 1. The molecule has 0 unspecified atom stereocenters. The molecule has 0 amide bonds. The van der Waals surface area contributed by atoms with Gasteiger partial charge in [0, 0.05) is 5.92 Å². The molecule has 0 radical (unpaired) electrons. The Kier molecular flexibility index (Phi) is 3.92. The number of carbonyl (C=O) groups is 2. The van der Waals surface area contributed by atoms with E-state index in [1.54, 1.807) is 0 Å². The van der Waals surface area contributed by atoms with Crippen LogP contribution in [0.25, 0.3) is 0 Å². The molecular weight excluding hydrogens is 184 g/mol. The first-order valence-electron chi connectivity index (χ1n) is 5.04. The highest BCUT2D eigenvalue weighted by Crippen LogP contribution is 2.28. The number of carbonyl (C=O) groups excluding carboxylic acids is 1. The van der Waals surface area contributed by atoms with Gasteiger partial charge in [-0.05, 0) is 6.42 Å². The molecule has 1 saturated heterocycles. The van der Waals surface area contributed by atoms with Crippen LogP contribution in [0.15, 0.2) is 0 Å². The zero-order chi connectivity index (χ0) is 10.6. The third-order valence-corrected chi connectivity index (χ3v) is 2.52. The molecule has 0 aromatic rings. The van der Waals surface area contributed by atoms with Gasteiger partial charge in [-0.1, -0.05) is 19.8 Å². The van der Waals surface area contributed by atoms with E-state index in [-0.39, 0.29) is 30.8 Å². The first-order valence-corrected chi connectivity index (χ1v) is 5.04. The van der Waals surface area contributed by atoms with Crippen molar-refractivity contribution in [1.82, 2.24) is 0 Å². The van der Waals surface area contributed by atoms with Crippen LogP contribution in [0.3, 0.4) is 0 Å². The minimum absolute atomic E-state index is 0.0418. The van der Waals surface area contributed by atoms with Crippen LogP contribution in [0.2, 0.25) is 0 Å². The van der Waals surface area contributed by atoms with Crippen LogP contribution in [0.4, 0.5) is 0 Å². The van der Waals surface area contributed by atoms with Crippen LogP contribution in [-0.4, -0.2) is 23.1 Å². The van der Waals surface area contributed by atoms with Crippen LogP contribution in [0, 0.1) is 5.92 Å². The molecule has 1 heterocycles. The van der Waals surface area contributed by atoms with E-state index in [0.717, 1.165) is 19.3 Å². The lowest BCUT2D eigenvalue weighted by Gasteiger charge is -2.14. The summed E-state index contributed by atoms with van der Waals surface area (Å²) >= 11 is 0. The van der Waals surface area contributed by atoms with Gasteiger partial charge in [-0.3, -0.25) is 9.59 Å². The fraction of sp³-hybridized carbons (Fsp3) is 0.800. The molecule has 1 aliphatic heterocycles. The standard InChI is InChI=1S/C10H16O4/c1-2-3-4-8-7(5-9(11)12)6-10(13)14-8/h7-8H,2-6H2,1H3,(H,11,12)/t7-,8+/m0/s1. The Labute approximate surface area is 83.2 Å². The van der Waals surface area contributed by atoms with Crippen LogP contribution in [0.1, 0.15) is 39.0 Å². The lowest BCUT2D eigenvalue weighted by molar-refractivity contribution is -0.143. The van der Waals surface area contributed by atoms with Crippen molar-refractivity contribution in [3.63, 3.8) is 0 Å². The Bertz CT molecular complexity index is 224. The number of hydrogen-bond donors (Lipinski definition) is 1. The smallest absolute Gasteiger partial charge is 0.306 e. The minimum Gasteiger partial charge on any atom is -0.481 e. The van der Waals surface area contributed by atoms with Crippen molar-refractivity contribution in [3.8, 4) is 0 Å². The molecule has 14 heavy (non-hydrogen) atoms. The highest BCUT2D eigenvalue weighted by molar-refractivity contribution is 5.74. The molecule has 0 aromatic heterocycles. The zero-order valence-corrected chi connectivity index (χ0v) is 8.36. The Morgan fingerprint density at radius 2 is 2.36 bits per heavy atom. The lowest BCUT2D eigenvalue weighted by atomic mass is 9.94. The molecule has 1 aliphatic rings. The maximum absolute atomic E-state index is 11.0. The number of hydrogen-bond acceptors (Lipinski definition) is 3. The number of aliphatic carboxylic acids is 1. The summed E-state index contributed by atoms with van der Waals surface area (Å²) in [4.78, 5) is 21.5. The first kappa shape index (κ1) is 11.0. The molecule has 2 atom stereocenters. The number of rotatable bonds is 5. The van der Waals surface area contributed by atoms with Gasteiger partial charge < -0.3 is 9.84 Å². The molecule has 4 heteroatoms. The average molecular weight is 200 g/mol. The molecule has 0 spiro atoms. The average Bonchev–Trinajstić information content (AvgIpc) is 2.41. The van der Waals surface area contributed by atoms with Gasteiger partial charge in [-0.15, -0.1) is 0 Å². The van der Waals surface area contributed by atoms with Crippen molar-refractivity contribution in [3.05, 3.63) is 0 Å². The molecular formula is C10H16O4. The van der Waals surface area contributed by atoms with Crippen LogP contribution < -0.4 is 0 Å². The summed E-state index contributed by atoms with van der Waals surface area (Å²) < 4.78 is 5.07. The summed E-state index contributed by atoms with van der Waals surface area (Å²) in [6, 6.07) is 0. The number of carboxylic acid groups (broad SMARTS) is 1. The number of esters is 1. The molecule has 0 bridgehead atoms. The Hall–Kier alpha value is -1.06. The largest absolute Gasteiger partial charge is 0.481 e. The second kappa shape index (κ2) is 4.98. The molecule has 0 aromatic carbocycles. The van der Waals surface area contributed by atoms with Gasteiger partial charge in [0.05, 0.1) is 12.8 Å². The van der Waals surface area contributed by atoms with E-state index in [1.807, 2.05) is 0 Å². The van der Waals surface area contributed by atoms with Gasteiger partial charge in [0.1, 0.15) is 6.10 Å². The van der Waals surface area contributed by atoms with Crippen LogP contribution in [-0.2, 0) is 14.3 Å². The topological polar surface area (TPSA) is 63.6 Å². The van der Waals surface area contributed by atoms with Crippen molar-refractivity contribution < 1.29 is 19.4 Å². The highest BCUT2D eigenvalue weighted by atomic mass is 16.5. The van der Waals surface area contributed by atoms with E-state index in [9.17, 15) is 9.59 Å². The molecule has 80 valence electrons. The summed E-state index contributed by atoms with van der Waals surface area (Å²) in [7, 11) is 0. The fourth-order valence-electron chi connectivity index (χ4n) is 1.79. The summed E-state index contributed by atoms with van der Waals surface area (Å²) in [6.45, 7) is 2.06. The summed E-state index contributed by atoms with van der Waals surface area (Å²) in [5, 5.41) is 8.64. The van der Waals surface area contributed by atoms with Gasteiger partial charge in [0.15, 0.2) is 0 Å². The van der Waals surface area contributed by atoms with E-state index >= 15 is 0 Å². The van der Waals surface area contributed by atoms with Gasteiger partial charge >= 0.3 is 11.9 Å². The molecule has 1 N–H and O–H groups in total. The van der Waals surface area contributed by atoms with Crippen molar-refractivity contribution in [2.75, 3.05) is 0 Å². The van der Waals surface area contributed by atoms with Crippen molar-refractivity contribution in [2.45, 2.75) is 45.1 Å². The van der Waals surface area contributed by atoms with Gasteiger partial charge in [-0.2, -0.15) is 0 Å². The fourth-order valence-corrected chi connectivity index (χ4v) is 1.79. The second-order valence-electron chi connectivity index (χ2n) is 3.73. The van der Waals surface area contributed by atoms with Gasteiger partial charge in [0.25, 0.3) is 0 Å². The van der Waals surface area contributed by atoms with E-state index in [4.69, 9.17) is 9.84 Å². The monoisotopic (exact) mass is 200 g/mol. The zero-order valence-electron chi connectivity index (χ0n) is 8.36. The molecule has 0 saturated carbocycles. The molecule has 1 rings (SSSR count). The summed E-state index contributed by atoms with van der Waals surface area (Å²) in [5.41, 5.74) is 0. The summed E-state index contributed by atoms with van der Waals surface area (Å²) in [5.74, 6) is -1.22. The van der Waals surface area contributed by atoms with Crippen LogP contribution >= 0.6 is 0 Å². The van der Waals surface area contributed by atoms with Gasteiger partial charge in [0.2, 0.25) is 0 Å². The number of unbranched alkanes of at least 4 members (excludes halogenated alkanes) is 1. The minimum atomic E-state index is -0.852.